The Morgan fingerprint density at radius 2 is 2.00 bits per heavy atom. The first-order valence-electron chi connectivity index (χ1n) is 6.75. The van der Waals surface area contributed by atoms with Crippen LogP contribution in [0.1, 0.15) is 22.5 Å². The average Bonchev–Trinajstić information content (AvgIpc) is 3.04. The SMILES string of the molecule is COC(=O)CCN(Cc1ccco1)C(=O)c1ccccc1Cl. The van der Waals surface area contributed by atoms with Crippen LogP contribution in [0.2, 0.25) is 5.02 Å². The maximum atomic E-state index is 12.6. The minimum Gasteiger partial charge on any atom is -0.469 e. The third-order valence-electron chi connectivity index (χ3n) is 3.13. The molecule has 0 aliphatic carbocycles. The van der Waals surface area contributed by atoms with Crippen LogP contribution in [0.5, 0.6) is 0 Å². The first-order valence-corrected chi connectivity index (χ1v) is 7.12. The van der Waals surface area contributed by atoms with Gasteiger partial charge in [-0.3, -0.25) is 9.59 Å². The lowest BCUT2D eigenvalue weighted by atomic mass is 10.2. The number of furan rings is 1. The molecule has 0 aliphatic heterocycles. The number of benzene rings is 1. The van der Waals surface area contributed by atoms with Crippen LogP contribution in [0.3, 0.4) is 0 Å². The lowest BCUT2D eigenvalue weighted by Gasteiger charge is -2.21. The van der Waals surface area contributed by atoms with E-state index in [9.17, 15) is 9.59 Å². The molecule has 1 heterocycles. The zero-order chi connectivity index (χ0) is 15.9. The lowest BCUT2D eigenvalue weighted by Crippen LogP contribution is -2.32. The number of ether oxygens (including phenoxy) is 1. The Hall–Kier alpha value is -2.27. The van der Waals surface area contributed by atoms with Crippen LogP contribution in [0.15, 0.2) is 47.1 Å². The summed E-state index contributed by atoms with van der Waals surface area (Å²) in [4.78, 5) is 25.5. The smallest absolute Gasteiger partial charge is 0.307 e. The van der Waals surface area contributed by atoms with Crippen molar-refractivity contribution in [3.63, 3.8) is 0 Å². The van der Waals surface area contributed by atoms with E-state index in [0.29, 0.717) is 16.3 Å². The number of esters is 1. The molecule has 2 aromatic rings. The molecule has 0 saturated carbocycles. The summed E-state index contributed by atoms with van der Waals surface area (Å²) in [7, 11) is 1.31. The van der Waals surface area contributed by atoms with Crippen LogP contribution in [0.25, 0.3) is 0 Å². The highest BCUT2D eigenvalue weighted by atomic mass is 35.5. The van der Waals surface area contributed by atoms with Crippen molar-refractivity contribution >= 4 is 23.5 Å². The molecule has 2 rings (SSSR count). The standard InChI is InChI=1S/C16H16ClNO4/c1-21-15(19)8-9-18(11-12-5-4-10-22-12)16(20)13-6-2-3-7-14(13)17/h2-7,10H,8-9,11H2,1H3. The molecule has 1 aromatic carbocycles. The van der Waals surface area contributed by atoms with Gasteiger partial charge in [0.2, 0.25) is 0 Å². The van der Waals surface area contributed by atoms with E-state index in [1.807, 2.05) is 0 Å². The molecular formula is C16H16ClNO4. The second-order valence-electron chi connectivity index (χ2n) is 4.61. The van der Waals surface area contributed by atoms with E-state index in [2.05, 4.69) is 4.74 Å². The van der Waals surface area contributed by atoms with Gasteiger partial charge in [0.05, 0.1) is 36.9 Å². The van der Waals surface area contributed by atoms with Gasteiger partial charge in [-0.25, -0.2) is 0 Å². The Balaban J connectivity index is 2.17. The van der Waals surface area contributed by atoms with Crippen molar-refractivity contribution in [1.82, 2.24) is 4.90 Å². The highest BCUT2D eigenvalue weighted by Gasteiger charge is 2.20. The second kappa shape index (κ2) is 7.66. The molecule has 1 aromatic heterocycles. The Kier molecular flexibility index (Phi) is 5.61. The van der Waals surface area contributed by atoms with Gasteiger partial charge in [-0.2, -0.15) is 0 Å². The van der Waals surface area contributed by atoms with Gasteiger partial charge in [0, 0.05) is 6.54 Å². The highest BCUT2D eigenvalue weighted by Crippen LogP contribution is 2.19. The fourth-order valence-corrected chi connectivity index (χ4v) is 2.19. The monoisotopic (exact) mass is 321 g/mol. The minimum absolute atomic E-state index is 0.105. The average molecular weight is 322 g/mol. The van der Waals surface area contributed by atoms with Crippen molar-refractivity contribution in [3.8, 4) is 0 Å². The van der Waals surface area contributed by atoms with Crippen LogP contribution < -0.4 is 0 Å². The van der Waals surface area contributed by atoms with Crippen molar-refractivity contribution in [2.75, 3.05) is 13.7 Å². The number of amides is 1. The van der Waals surface area contributed by atoms with Crippen LogP contribution in [-0.2, 0) is 16.1 Å². The van der Waals surface area contributed by atoms with Crippen molar-refractivity contribution in [1.29, 1.82) is 0 Å². The van der Waals surface area contributed by atoms with Gasteiger partial charge in [0.1, 0.15) is 5.76 Å². The van der Waals surface area contributed by atoms with Crippen LogP contribution in [-0.4, -0.2) is 30.4 Å². The van der Waals surface area contributed by atoms with E-state index >= 15 is 0 Å². The van der Waals surface area contributed by atoms with Gasteiger partial charge in [-0.1, -0.05) is 23.7 Å². The summed E-state index contributed by atoms with van der Waals surface area (Å²) in [5.41, 5.74) is 0.389. The number of carbonyl (C=O) groups is 2. The molecule has 0 bridgehead atoms. The predicted octanol–water partition coefficient (Wildman–Crippen LogP) is 3.14. The molecule has 0 radical (unpaired) electrons. The molecule has 0 unspecified atom stereocenters. The number of methoxy groups -OCH3 is 1. The van der Waals surface area contributed by atoms with Gasteiger partial charge in [0.15, 0.2) is 0 Å². The van der Waals surface area contributed by atoms with E-state index < -0.39 is 0 Å². The van der Waals surface area contributed by atoms with Gasteiger partial charge >= 0.3 is 5.97 Å². The number of carbonyl (C=O) groups excluding carboxylic acids is 2. The lowest BCUT2D eigenvalue weighted by molar-refractivity contribution is -0.140. The zero-order valence-electron chi connectivity index (χ0n) is 12.1. The third kappa shape index (κ3) is 4.11. The zero-order valence-corrected chi connectivity index (χ0v) is 12.9. The van der Waals surface area contributed by atoms with Crippen molar-refractivity contribution < 1.29 is 18.7 Å². The Labute approximate surface area is 133 Å². The van der Waals surface area contributed by atoms with E-state index in [4.69, 9.17) is 16.0 Å². The number of halogens is 1. The second-order valence-corrected chi connectivity index (χ2v) is 5.02. The summed E-state index contributed by atoms with van der Waals surface area (Å²) >= 11 is 6.07. The van der Waals surface area contributed by atoms with E-state index in [0.717, 1.165) is 0 Å². The van der Waals surface area contributed by atoms with E-state index in [1.165, 1.54) is 18.3 Å². The Morgan fingerprint density at radius 1 is 1.23 bits per heavy atom. The molecule has 0 spiro atoms. The Morgan fingerprint density at radius 3 is 2.64 bits per heavy atom. The van der Waals surface area contributed by atoms with Gasteiger partial charge < -0.3 is 14.1 Å². The maximum Gasteiger partial charge on any atom is 0.307 e. The van der Waals surface area contributed by atoms with Gasteiger partial charge in [-0.15, -0.1) is 0 Å². The fourth-order valence-electron chi connectivity index (χ4n) is 1.98. The molecule has 22 heavy (non-hydrogen) atoms. The van der Waals surface area contributed by atoms with E-state index in [1.54, 1.807) is 36.4 Å². The summed E-state index contributed by atoms with van der Waals surface area (Å²) in [5.74, 6) is -0.00687. The van der Waals surface area contributed by atoms with Crippen LogP contribution >= 0.6 is 11.6 Å². The summed E-state index contributed by atoms with van der Waals surface area (Å²) in [6.45, 7) is 0.478. The summed E-state index contributed by atoms with van der Waals surface area (Å²) < 4.78 is 9.89. The van der Waals surface area contributed by atoms with Crippen LogP contribution in [0.4, 0.5) is 0 Å². The number of hydrogen-bond acceptors (Lipinski definition) is 4. The first-order chi connectivity index (χ1) is 10.6. The minimum atomic E-state index is -0.378. The third-order valence-corrected chi connectivity index (χ3v) is 3.46. The molecule has 0 saturated heterocycles. The van der Waals surface area contributed by atoms with Crippen molar-refractivity contribution in [2.45, 2.75) is 13.0 Å². The first kappa shape index (κ1) is 16.1. The van der Waals surface area contributed by atoms with Crippen molar-refractivity contribution in [3.05, 3.63) is 59.0 Å². The molecule has 0 aliphatic rings. The van der Waals surface area contributed by atoms with Gasteiger partial charge in [-0.05, 0) is 24.3 Å². The van der Waals surface area contributed by atoms with Crippen LogP contribution in [0, 0.1) is 0 Å². The largest absolute Gasteiger partial charge is 0.469 e. The molecule has 6 heteroatoms. The fraction of sp³-hybridized carbons (Fsp3) is 0.250. The highest BCUT2D eigenvalue weighted by molar-refractivity contribution is 6.33. The Bertz CT molecular complexity index is 639. The molecule has 0 N–H and O–H groups in total. The number of hydrogen-bond donors (Lipinski definition) is 0. The summed E-state index contributed by atoms with van der Waals surface area (Å²) in [5, 5.41) is 0.370. The topological polar surface area (TPSA) is 59.8 Å². The summed E-state index contributed by atoms with van der Waals surface area (Å²) in [6, 6.07) is 10.3. The normalized spacial score (nSPS) is 10.3. The van der Waals surface area contributed by atoms with Gasteiger partial charge in [0.25, 0.3) is 5.91 Å². The quantitative estimate of drug-likeness (QED) is 0.767. The maximum absolute atomic E-state index is 12.6. The number of nitrogens with zero attached hydrogens (tertiary/aromatic N) is 1. The molecular weight excluding hydrogens is 306 g/mol. The molecule has 0 atom stereocenters. The molecule has 0 fully saturated rings. The molecule has 1 amide bonds. The van der Waals surface area contributed by atoms with Crippen molar-refractivity contribution in [2.24, 2.45) is 0 Å². The molecule has 116 valence electrons. The predicted molar refractivity (Wildman–Crippen MR) is 81.5 cm³/mol. The van der Waals surface area contributed by atoms with E-state index in [-0.39, 0.29) is 31.4 Å². The molecule has 5 nitrogen and oxygen atoms in total. The summed E-state index contributed by atoms with van der Waals surface area (Å²) in [6.07, 6.45) is 1.64. The number of rotatable bonds is 6.